The van der Waals surface area contributed by atoms with E-state index in [4.69, 9.17) is 4.98 Å². The minimum Gasteiger partial charge on any atom is -0.368 e. The van der Waals surface area contributed by atoms with Crippen LogP contribution in [0.2, 0.25) is 0 Å². The number of anilines is 2. The van der Waals surface area contributed by atoms with Gasteiger partial charge in [-0.25, -0.2) is 4.98 Å². The minimum atomic E-state index is -4.36. The average Bonchev–Trinajstić information content (AvgIpc) is 3.38. The Bertz CT molecular complexity index is 1170. The molecular weight excluding hydrogens is 429 g/mol. The maximum Gasteiger partial charge on any atom is 0.416 e. The summed E-state index contributed by atoms with van der Waals surface area (Å²) in [6, 6.07) is 15.0. The van der Waals surface area contributed by atoms with Gasteiger partial charge >= 0.3 is 6.18 Å². The Morgan fingerprint density at radius 2 is 1.52 bits per heavy atom. The highest BCUT2D eigenvalue weighted by atomic mass is 19.4. The predicted molar refractivity (Wildman–Crippen MR) is 123 cm³/mol. The monoisotopic (exact) mass is 454 g/mol. The first-order valence-corrected chi connectivity index (χ1v) is 11.3. The highest BCUT2D eigenvalue weighted by molar-refractivity contribution is 6.07. The summed E-state index contributed by atoms with van der Waals surface area (Å²) < 4.78 is 39.3. The lowest BCUT2D eigenvalue weighted by molar-refractivity contribution is -0.137. The number of nitrogens with zero attached hydrogens (tertiary/aromatic N) is 4. The fraction of sp³-hybridized carbons (Fsp3) is 0.360. The molecule has 5 nitrogen and oxygen atoms in total. The Labute approximate surface area is 190 Å². The molecule has 5 rings (SSSR count). The minimum absolute atomic E-state index is 0.0370. The van der Waals surface area contributed by atoms with E-state index in [2.05, 4.69) is 4.90 Å². The van der Waals surface area contributed by atoms with Crippen LogP contribution in [-0.4, -0.2) is 55.1 Å². The summed E-state index contributed by atoms with van der Waals surface area (Å²) in [5, 5.41) is 0.848. The number of carbonyl (C=O) groups excluding carboxylic acids is 1. The van der Waals surface area contributed by atoms with Gasteiger partial charge in [0, 0.05) is 50.3 Å². The summed E-state index contributed by atoms with van der Waals surface area (Å²) in [6.45, 7) is 3.93. The summed E-state index contributed by atoms with van der Waals surface area (Å²) in [4.78, 5) is 24.0. The van der Waals surface area contributed by atoms with E-state index in [1.165, 1.54) is 12.1 Å². The molecule has 0 bridgehead atoms. The lowest BCUT2D eigenvalue weighted by atomic mass is 10.1. The van der Waals surface area contributed by atoms with E-state index in [0.29, 0.717) is 37.4 Å². The van der Waals surface area contributed by atoms with Crippen LogP contribution in [0.4, 0.5) is 24.7 Å². The van der Waals surface area contributed by atoms with Crippen molar-refractivity contribution in [2.24, 2.45) is 0 Å². The molecule has 172 valence electrons. The second-order valence-corrected chi connectivity index (χ2v) is 8.57. The number of amides is 1. The summed E-state index contributed by atoms with van der Waals surface area (Å²) in [5.74, 6) is 0.773. The lowest BCUT2D eigenvalue weighted by Gasteiger charge is -2.37. The zero-order chi connectivity index (χ0) is 23.0. The fourth-order valence-electron chi connectivity index (χ4n) is 4.66. The van der Waals surface area contributed by atoms with Crippen LogP contribution in [0, 0.1) is 0 Å². The Kier molecular flexibility index (Phi) is 5.60. The molecule has 0 atom stereocenters. The molecule has 1 aromatic heterocycles. The third-order valence-electron chi connectivity index (χ3n) is 6.47. The summed E-state index contributed by atoms with van der Waals surface area (Å²) in [7, 11) is 0. The van der Waals surface area contributed by atoms with E-state index in [-0.39, 0.29) is 5.91 Å². The van der Waals surface area contributed by atoms with E-state index in [1.807, 2.05) is 40.1 Å². The molecule has 2 fully saturated rings. The van der Waals surface area contributed by atoms with Crippen LogP contribution in [0.1, 0.15) is 28.8 Å². The zero-order valence-corrected chi connectivity index (χ0v) is 18.2. The van der Waals surface area contributed by atoms with Crippen LogP contribution in [-0.2, 0) is 6.18 Å². The van der Waals surface area contributed by atoms with E-state index in [0.717, 1.165) is 48.7 Å². The highest BCUT2D eigenvalue weighted by Gasteiger charge is 2.31. The summed E-state index contributed by atoms with van der Waals surface area (Å²) >= 11 is 0. The number of para-hydroxylation sites is 1. The van der Waals surface area contributed by atoms with Gasteiger partial charge in [0.25, 0.3) is 5.91 Å². The molecule has 1 amide bonds. The van der Waals surface area contributed by atoms with Crippen molar-refractivity contribution in [2.45, 2.75) is 19.0 Å². The molecule has 0 N–H and O–H groups in total. The molecule has 2 saturated heterocycles. The number of fused-ring (bicyclic) bond motifs is 1. The molecule has 2 aliphatic heterocycles. The van der Waals surface area contributed by atoms with Crippen LogP contribution >= 0.6 is 0 Å². The van der Waals surface area contributed by atoms with Crippen molar-refractivity contribution in [3.05, 3.63) is 65.7 Å². The van der Waals surface area contributed by atoms with Crippen molar-refractivity contribution < 1.29 is 18.0 Å². The molecule has 0 aliphatic carbocycles. The van der Waals surface area contributed by atoms with Gasteiger partial charge in [-0.15, -0.1) is 0 Å². The number of benzene rings is 2. The van der Waals surface area contributed by atoms with Gasteiger partial charge in [-0.1, -0.05) is 24.3 Å². The number of rotatable bonds is 3. The maximum atomic E-state index is 13.2. The van der Waals surface area contributed by atoms with Crippen LogP contribution in [0.5, 0.6) is 0 Å². The zero-order valence-electron chi connectivity index (χ0n) is 18.2. The Balaban J connectivity index is 1.38. The Hall–Kier alpha value is -3.29. The van der Waals surface area contributed by atoms with Crippen molar-refractivity contribution in [1.82, 2.24) is 9.88 Å². The second kappa shape index (κ2) is 8.57. The summed E-state index contributed by atoms with van der Waals surface area (Å²) in [5.41, 5.74) is 1.38. The first-order valence-electron chi connectivity index (χ1n) is 11.3. The van der Waals surface area contributed by atoms with Gasteiger partial charge in [0.1, 0.15) is 5.82 Å². The smallest absolute Gasteiger partial charge is 0.368 e. The normalized spacial score (nSPS) is 17.1. The second-order valence-electron chi connectivity index (χ2n) is 8.57. The maximum absolute atomic E-state index is 13.2. The van der Waals surface area contributed by atoms with E-state index < -0.39 is 11.7 Å². The van der Waals surface area contributed by atoms with Gasteiger partial charge in [0.05, 0.1) is 16.6 Å². The molecule has 0 unspecified atom stereocenters. The fourth-order valence-corrected chi connectivity index (χ4v) is 4.66. The number of likely N-dealkylation sites (tertiary alicyclic amines) is 1. The van der Waals surface area contributed by atoms with Gasteiger partial charge in [-0.2, -0.15) is 13.2 Å². The Morgan fingerprint density at radius 1 is 0.818 bits per heavy atom. The lowest BCUT2D eigenvalue weighted by Crippen LogP contribution is -2.47. The van der Waals surface area contributed by atoms with Crippen LogP contribution in [0.25, 0.3) is 10.9 Å². The quantitative estimate of drug-likeness (QED) is 0.569. The van der Waals surface area contributed by atoms with Gasteiger partial charge < -0.3 is 14.7 Å². The highest BCUT2D eigenvalue weighted by Crippen LogP contribution is 2.32. The van der Waals surface area contributed by atoms with E-state index in [1.54, 1.807) is 6.07 Å². The predicted octanol–water partition coefficient (Wildman–Crippen LogP) is 4.82. The van der Waals surface area contributed by atoms with Crippen molar-refractivity contribution >= 4 is 28.3 Å². The molecule has 33 heavy (non-hydrogen) atoms. The summed E-state index contributed by atoms with van der Waals surface area (Å²) in [6.07, 6.45) is -2.30. The standard InChI is InChI=1S/C25H25F3N4O/c26-25(27,28)18-6-5-7-19(16-18)30-12-14-31(15-13-30)23-17-21(24(33)32-10-3-4-11-32)20-8-1-2-9-22(20)29-23/h1-2,5-9,16-17H,3-4,10-15H2. The number of pyridine rings is 1. The van der Waals surface area contributed by atoms with Gasteiger partial charge in [0.15, 0.2) is 0 Å². The van der Waals surface area contributed by atoms with Crippen molar-refractivity contribution in [3.8, 4) is 0 Å². The largest absolute Gasteiger partial charge is 0.416 e. The Morgan fingerprint density at radius 3 is 2.24 bits per heavy atom. The van der Waals surface area contributed by atoms with Gasteiger partial charge in [0.2, 0.25) is 0 Å². The molecule has 2 aliphatic rings. The number of carbonyl (C=O) groups is 1. The molecule has 0 spiro atoms. The third-order valence-corrected chi connectivity index (χ3v) is 6.47. The molecule has 8 heteroatoms. The van der Waals surface area contributed by atoms with Crippen molar-refractivity contribution in [3.63, 3.8) is 0 Å². The van der Waals surface area contributed by atoms with E-state index >= 15 is 0 Å². The topological polar surface area (TPSA) is 39.7 Å². The van der Waals surface area contributed by atoms with Crippen molar-refractivity contribution in [2.75, 3.05) is 49.1 Å². The number of halogens is 3. The SMILES string of the molecule is O=C(c1cc(N2CCN(c3cccc(C(F)(F)F)c3)CC2)nc2ccccc12)N1CCCC1. The number of alkyl halides is 3. The number of aromatic nitrogens is 1. The first-order chi connectivity index (χ1) is 15.9. The first kappa shape index (κ1) is 21.6. The molecule has 0 saturated carbocycles. The molecular formula is C25H25F3N4O. The van der Waals surface area contributed by atoms with Crippen LogP contribution in [0.15, 0.2) is 54.6 Å². The van der Waals surface area contributed by atoms with Crippen LogP contribution in [0.3, 0.4) is 0 Å². The molecule has 3 heterocycles. The van der Waals surface area contributed by atoms with Crippen molar-refractivity contribution in [1.29, 1.82) is 0 Å². The third kappa shape index (κ3) is 4.34. The number of piperazine rings is 1. The molecule has 3 aromatic rings. The van der Waals surface area contributed by atoms with Gasteiger partial charge in [-0.3, -0.25) is 4.79 Å². The average molecular weight is 454 g/mol. The number of hydrogen-bond donors (Lipinski definition) is 0. The van der Waals surface area contributed by atoms with Gasteiger partial charge in [-0.05, 0) is 43.2 Å². The van der Waals surface area contributed by atoms with E-state index in [9.17, 15) is 18.0 Å². The number of hydrogen-bond acceptors (Lipinski definition) is 4. The molecule has 2 aromatic carbocycles. The van der Waals surface area contributed by atoms with Crippen LogP contribution < -0.4 is 9.80 Å². The molecule has 0 radical (unpaired) electrons.